The van der Waals surface area contributed by atoms with E-state index in [-0.39, 0.29) is 24.7 Å². The van der Waals surface area contributed by atoms with E-state index < -0.39 is 5.41 Å². The normalized spacial score (nSPS) is 14.2. The summed E-state index contributed by atoms with van der Waals surface area (Å²) in [5.41, 5.74) is 0.498. The quantitative estimate of drug-likeness (QED) is 0.691. The predicted molar refractivity (Wildman–Crippen MR) is 87.7 cm³/mol. The van der Waals surface area contributed by atoms with Crippen LogP contribution in [0.4, 0.5) is 4.79 Å². The van der Waals surface area contributed by atoms with Gasteiger partial charge in [-0.3, -0.25) is 0 Å². The zero-order chi connectivity index (χ0) is 16.6. The maximum Gasteiger partial charge on any atom is 0.315 e. The third-order valence-electron chi connectivity index (χ3n) is 3.79. The zero-order valence-corrected chi connectivity index (χ0v) is 13.9. The van der Waals surface area contributed by atoms with Crippen molar-refractivity contribution in [3.05, 3.63) is 35.9 Å². The number of methoxy groups -OCH3 is 1. The van der Waals surface area contributed by atoms with Gasteiger partial charge in [-0.15, -0.1) is 0 Å². The molecule has 1 aromatic rings. The van der Waals surface area contributed by atoms with E-state index in [9.17, 15) is 9.90 Å². The fraction of sp³-hybridized carbons (Fsp3) is 0.588. The van der Waals surface area contributed by atoms with Gasteiger partial charge in [0.05, 0.1) is 25.3 Å². The lowest BCUT2D eigenvalue weighted by Crippen LogP contribution is -2.48. The van der Waals surface area contributed by atoms with Gasteiger partial charge in [0, 0.05) is 12.5 Å². The van der Waals surface area contributed by atoms with E-state index in [1.165, 1.54) is 0 Å². The summed E-state index contributed by atoms with van der Waals surface area (Å²) >= 11 is 0. The molecule has 5 nitrogen and oxygen atoms in total. The van der Waals surface area contributed by atoms with Crippen LogP contribution in [0.1, 0.15) is 38.8 Å². The fourth-order valence-corrected chi connectivity index (χ4v) is 2.29. The van der Waals surface area contributed by atoms with Gasteiger partial charge in [0.1, 0.15) is 0 Å². The van der Waals surface area contributed by atoms with E-state index in [4.69, 9.17) is 4.74 Å². The van der Waals surface area contributed by atoms with Crippen LogP contribution in [0.3, 0.4) is 0 Å². The summed E-state index contributed by atoms with van der Waals surface area (Å²) < 4.78 is 5.09. The van der Waals surface area contributed by atoms with Crippen LogP contribution in [-0.4, -0.2) is 37.5 Å². The minimum absolute atomic E-state index is 0.0257. The van der Waals surface area contributed by atoms with Gasteiger partial charge >= 0.3 is 6.03 Å². The number of aliphatic hydroxyl groups excluding tert-OH is 1. The Kier molecular flexibility index (Phi) is 7.35. The molecule has 0 aliphatic rings. The highest BCUT2D eigenvalue weighted by molar-refractivity contribution is 5.75. The van der Waals surface area contributed by atoms with Crippen molar-refractivity contribution in [3.63, 3.8) is 0 Å². The van der Waals surface area contributed by atoms with Crippen molar-refractivity contribution < 1.29 is 14.6 Å². The van der Waals surface area contributed by atoms with Crippen molar-refractivity contribution in [2.24, 2.45) is 5.41 Å². The van der Waals surface area contributed by atoms with Crippen LogP contribution in [-0.2, 0) is 4.74 Å². The number of urea groups is 1. The second kappa shape index (κ2) is 8.76. The highest BCUT2D eigenvalue weighted by Crippen LogP contribution is 2.32. The zero-order valence-electron chi connectivity index (χ0n) is 13.9. The third-order valence-corrected chi connectivity index (χ3v) is 3.79. The average molecular weight is 308 g/mol. The third kappa shape index (κ3) is 5.31. The van der Waals surface area contributed by atoms with E-state index >= 15 is 0 Å². The molecule has 0 bridgehead atoms. The number of carbonyl (C=O) groups excluding carboxylic acids is 1. The molecule has 0 saturated carbocycles. The Morgan fingerprint density at radius 3 is 2.41 bits per heavy atom. The number of amides is 2. The van der Waals surface area contributed by atoms with Gasteiger partial charge in [-0.25, -0.2) is 4.79 Å². The van der Waals surface area contributed by atoms with E-state index in [1.807, 2.05) is 51.1 Å². The molecule has 3 N–H and O–H groups in total. The molecule has 1 aromatic carbocycles. The van der Waals surface area contributed by atoms with Crippen LogP contribution in [0.5, 0.6) is 0 Å². The molecule has 0 heterocycles. The Morgan fingerprint density at radius 2 is 1.91 bits per heavy atom. The van der Waals surface area contributed by atoms with Gasteiger partial charge < -0.3 is 20.5 Å². The van der Waals surface area contributed by atoms with Crippen LogP contribution < -0.4 is 10.6 Å². The Hall–Kier alpha value is -1.59. The number of hydrogen-bond donors (Lipinski definition) is 3. The first-order valence-electron chi connectivity index (χ1n) is 7.66. The number of carbonyl (C=O) groups is 1. The van der Waals surface area contributed by atoms with Gasteiger partial charge in [0.2, 0.25) is 0 Å². The minimum Gasteiger partial charge on any atom is -0.396 e. The number of rotatable bonds is 8. The SMILES string of the molecule is CC[C@H](COC)NC(=O)N[C@H](c1ccccc1)C(C)(C)CO. The Morgan fingerprint density at radius 1 is 1.27 bits per heavy atom. The lowest BCUT2D eigenvalue weighted by Gasteiger charge is -2.34. The molecular weight excluding hydrogens is 280 g/mol. The predicted octanol–water partition coefficient (Wildman–Crippen LogP) is 2.47. The average Bonchev–Trinajstić information content (AvgIpc) is 2.52. The van der Waals surface area contributed by atoms with Crippen LogP contribution in [0.15, 0.2) is 30.3 Å². The topological polar surface area (TPSA) is 70.6 Å². The summed E-state index contributed by atoms with van der Waals surface area (Å²) in [4.78, 5) is 12.3. The van der Waals surface area contributed by atoms with Crippen molar-refractivity contribution in [2.75, 3.05) is 20.3 Å². The van der Waals surface area contributed by atoms with Gasteiger partial charge in [-0.05, 0) is 12.0 Å². The molecule has 0 aliphatic carbocycles. The molecule has 0 unspecified atom stereocenters. The molecule has 0 saturated heterocycles. The van der Waals surface area contributed by atoms with Crippen LogP contribution in [0.2, 0.25) is 0 Å². The summed E-state index contributed by atoms with van der Waals surface area (Å²) in [5.74, 6) is 0. The number of aliphatic hydroxyl groups is 1. The molecular formula is C17H28N2O3. The van der Waals surface area contributed by atoms with Crippen LogP contribution in [0, 0.1) is 5.41 Å². The number of benzene rings is 1. The highest BCUT2D eigenvalue weighted by Gasteiger charge is 2.31. The first kappa shape index (κ1) is 18.5. The molecule has 2 atom stereocenters. The maximum absolute atomic E-state index is 12.3. The second-order valence-corrected chi connectivity index (χ2v) is 6.17. The number of hydrogen-bond acceptors (Lipinski definition) is 3. The molecule has 124 valence electrons. The molecule has 1 rings (SSSR count). The molecule has 0 spiro atoms. The standard InChI is InChI=1S/C17H28N2O3/c1-5-14(11-22-4)18-16(21)19-15(17(2,3)12-20)13-9-7-6-8-10-13/h6-10,14-15,20H,5,11-12H2,1-4H3,(H2,18,19,21)/t14-,15-/m1/s1. The van der Waals surface area contributed by atoms with E-state index in [2.05, 4.69) is 10.6 Å². The van der Waals surface area contributed by atoms with Gasteiger partial charge in [0.15, 0.2) is 0 Å². The van der Waals surface area contributed by atoms with E-state index in [0.717, 1.165) is 12.0 Å². The van der Waals surface area contributed by atoms with Crippen molar-refractivity contribution in [3.8, 4) is 0 Å². The number of ether oxygens (including phenoxy) is 1. The first-order valence-corrected chi connectivity index (χ1v) is 7.66. The first-order chi connectivity index (χ1) is 10.4. The molecule has 0 radical (unpaired) electrons. The smallest absolute Gasteiger partial charge is 0.315 e. The van der Waals surface area contributed by atoms with E-state index in [0.29, 0.717) is 6.61 Å². The van der Waals surface area contributed by atoms with Crippen LogP contribution in [0.25, 0.3) is 0 Å². The van der Waals surface area contributed by atoms with Crippen molar-refractivity contribution in [1.82, 2.24) is 10.6 Å². The van der Waals surface area contributed by atoms with E-state index in [1.54, 1.807) is 7.11 Å². The molecule has 0 aromatic heterocycles. The Labute approximate surface area is 133 Å². The van der Waals surface area contributed by atoms with Crippen molar-refractivity contribution in [1.29, 1.82) is 0 Å². The Bertz CT molecular complexity index is 448. The molecule has 2 amide bonds. The number of nitrogens with one attached hydrogen (secondary N) is 2. The molecule has 0 fully saturated rings. The van der Waals surface area contributed by atoms with Gasteiger partial charge in [0.25, 0.3) is 0 Å². The van der Waals surface area contributed by atoms with Crippen molar-refractivity contribution in [2.45, 2.75) is 39.3 Å². The minimum atomic E-state index is -0.471. The highest BCUT2D eigenvalue weighted by atomic mass is 16.5. The maximum atomic E-state index is 12.3. The summed E-state index contributed by atoms with van der Waals surface area (Å²) in [7, 11) is 1.61. The van der Waals surface area contributed by atoms with Crippen LogP contribution >= 0.6 is 0 Å². The molecule has 5 heteroatoms. The fourth-order valence-electron chi connectivity index (χ4n) is 2.29. The summed E-state index contributed by atoms with van der Waals surface area (Å²) in [6.07, 6.45) is 0.792. The Balaban J connectivity index is 2.84. The monoisotopic (exact) mass is 308 g/mol. The van der Waals surface area contributed by atoms with Gasteiger partial charge in [-0.1, -0.05) is 51.1 Å². The summed E-state index contributed by atoms with van der Waals surface area (Å²) in [5, 5.41) is 15.5. The summed E-state index contributed by atoms with van der Waals surface area (Å²) in [6.45, 7) is 6.30. The lowest BCUT2D eigenvalue weighted by atomic mass is 9.81. The summed E-state index contributed by atoms with van der Waals surface area (Å²) in [6, 6.07) is 9.13. The second-order valence-electron chi connectivity index (χ2n) is 6.17. The molecule has 22 heavy (non-hydrogen) atoms. The largest absolute Gasteiger partial charge is 0.396 e. The molecule has 0 aliphatic heterocycles. The van der Waals surface area contributed by atoms with Crippen molar-refractivity contribution >= 4 is 6.03 Å². The lowest BCUT2D eigenvalue weighted by molar-refractivity contribution is 0.116. The van der Waals surface area contributed by atoms with Gasteiger partial charge in [-0.2, -0.15) is 0 Å².